The minimum Gasteiger partial charge on any atom is -0.507 e. The van der Waals surface area contributed by atoms with E-state index in [0.717, 1.165) is 9.37 Å². The summed E-state index contributed by atoms with van der Waals surface area (Å²) in [6.07, 6.45) is -0.0865. The van der Waals surface area contributed by atoms with Gasteiger partial charge in [-0.15, -0.1) is 0 Å². The zero-order valence-electron chi connectivity index (χ0n) is 9.84. The number of aliphatic carboxylic acids is 1. The maximum absolute atomic E-state index is 10.6. The molecule has 0 aliphatic rings. The van der Waals surface area contributed by atoms with Gasteiger partial charge < -0.3 is 10.2 Å². The van der Waals surface area contributed by atoms with Gasteiger partial charge in [-0.2, -0.15) is 0 Å². The second-order valence-corrected chi connectivity index (χ2v) is 5.96. The third kappa shape index (κ3) is 4.01. The molecule has 0 bridgehead atoms. The number of rotatable bonds is 4. The highest BCUT2D eigenvalue weighted by Gasteiger charge is 2.07. The van der Waals surface area contributed by atoms with E-state index in [-0.39, 0.29) is 12.2 Å². The second-order valence-electron chi connectivity index (χ2n) is 3.93. The standard InChI is InChI=1S/C14H11BrO3S/c15-10-2-4-11(5-3-10)19-13-6-1-9(7-12(13)16)8-14(17)18/h1-7,16H,8H2,(H,17,18). The van der Waals surface area contributed by atoms with Crippen LogP contribution in [0, 0.1) is 0 Å². The molecule has 0 saturated heterocycles. The van der Waals surface area contributed by atoms with Gasteiger partial charge in [-0.3, -0.25) is 4.79 Å². The van der Waals surface area contributed by atoms with Crippen LogP contribution in [0.5, 0.6) is 5.75 Å². The van der Waals surface area contributed by atoms with Crippen LogP contribution >= 0.6 is 27.7 Å². The van der Waals surface area contributed by atoms with Crippen molar-refractivity contribution in [1.29, 1.82) is 0 Å². The fraction of sp³-hybridized carbons (Fsp3) is 0.0714. The summed E-state index contributed by atoms with van der Waals surface area (Å²) in [6, 6.07) is 12.7. The first-order chi connectivity index (χ1) is 9.04. The first-order valence-electron chi connectivity index (χ1n) is 5.52. The van der Waals surface area contributed by atoms with Gasteiger partial charge in [0.2, 0.25) is 0 Å². The molecule has 0 radical (unpaired) electrons. The van der Waals surface area contributed by atoms with Crippen molar-refractivity contribution in [2.24, 2.45) is 0 Å². The average molecular weight is 339 g/mol. The Kier molecular flexibility index (Phi) is 4.50. The molecular formula is C14H11BrO3S. The number of carboxylic acids is 1. The largest absolute Gasteiger partial charge is 0.507 e. The van der Waals surface area contributed by atoms with Gasteiger partial charge in [0.15, 0.2) is 0 Å². The van der Waals surface area contributed by atoms with Gasteiger partial charge in [0.25, 0.3) is 0 Å². The Balaban J connectivity index is 2.17. The number of phenols is 1. The van der Waals surface area contributed by atoms with E-state index in [2.05, 4.69) is 15.9 Å². The Morgan fingerprint density at radius 2 is 1.84 bits per heavy atom. The van der Waals surface area contributed by atoms with Crippen LogP contribution in [-0.4, -0.2) is 16.2 Å². The van der Waals surface area contributed by atoms with Gasteiger partial charge in [0.1, 0.15) is 5.75 Å². The zero-order valence-corrected chi connectivity index (χ0v) is 12.2. The smallest absolute Gasteiger partial charge is 0.307 e. The molecule has 0 aromatic heterocycles. The topological polar surface area (TPSA) is 57.5 Å². The van der Waals surface area contributed by atoms with Crippen LogP contribution in [0.4, 0.5) is 0 Å². The molecule has 2 aromatic rings. The van der Waals surface area contributed by atoms with E-state index < -0.39 is 5.97 Å². The lowest BCUT2D eigenvalue weighted by Gasteiger charge is -2.06. The first kappa shape index (κ1) is 14.0. The fourth-order valence-electron chi connectivity index (χ4n) is 1.56. The van der Waals surface area contributed by atoms with Crippen LogP contribution in [0.1, 0.15) is 5.56 Å². The van der Waals surface area contributed by atoms with Gasteiger partial charge in [-0.25, -0.2) is 0 Å². The third-order valence-corrected chi connectivity index (χ3v) is 4.02. The van der Waals surface area contributed by atoms with E-state index in [1.54, 1.807) is 12.1 Å². The quantitative estimate of drug-likeness (QED) is 0.886. The molecule has 3 nitrogen and oxygen atoms in total. The summed E-state index contributed by atoms with van der Waals surface area (Å²) in [7, 11) is 0. The predicted molar refractivity (Wildman–Crippen MR) is 77.7 cm³/mol. The molecular weight excluding hydrogens is 328 g/mol. The van der Waals surface area contributed by atoms with Gasteiger partial charge in [-0.05, 0) is 42.0 Å². The van der Waals surface area contributed by atoms with Gasteiger partial charge in [-0.1, -0.05) is 33.8 Å². The highest BCUT2D eigenvalue weighted by atomic mass is 79.9. The number of carbonyl (C=O) groups is 1. The van der Waals surface area contributed by atoms with E-state index in [1.165, 1.54) is 17.8 Å². The maximum Gasteiger partial charge on any atom is 0.307 e. The van der Waals surface area contributed by atoms with Crippen LogP contribution in [0.15, 0.2) is 56.7 Å². The summed E-state index contributed by atoms with van der Waals surface area (Å²) < 4.78 is 0.998. The molecule has 0 unspecified atom stereocenters. The van der Waals surface area contributed by atoms with Crippen molar-refractivity contribution in [1.82, 2.24) is 0 Å². The van der Waals surface area contributed by atoms with Gasteiger partial charge in [0.05, 0.1) is 11.3 Å². The Morgan fingerprint density at radius 1 is 1.16 bits per heavy atom. The minimum atomic E-state index is -0.910. The van der Waals surface area contributed by atoms with Crippen LogP contribution in [-0.2, 0) is 11.2 Å². The Hall–Kier alpha value is -1.46. The van der Waals surface area contributed by atoms with Crippen LogP contribution < -0.4 is 0 Å². The summed E-state index contributed by atoms with van der Waals surface area (Å²) in [4.78, 5) is 12.3. The lowest BCUT2D eigenvalue weighted by molar-refractivity contribution is -0.136. The monoisotopic (exact) mass is 338 g/mol. The highest BCUT2D eigenvalue weighted by molar-refractivity contribution is 9.10. The number of halogens is 1. The molecule has 2 rings (SSSR count). The van der Waals surface area contributed by atoms with Crippen LogP contribution in [0.2, 0.25) is 0 Å². The van der Waals surface area contributed by atoms with E-state index in [4.69, 9.17) is 5.11 Å². The number of carboxylic acid groups (broad SMARTS) is 1. The minimum absolute atomic E-state index is 0.0865. The van der Waals surface area contributed by atoms with Crippen molar-refractivity contribution in [2.75, 3.05) is 0 Å². The first-order valence-corrected chi connectivity index (χ1v) is 7.12. The summed E-state index contributed by atoms with van der Waals surface area (Å²) in [6.45, 7) is 0. The summed E-state index contributed by atoms with van der Waals surface area (Å²) in [5.41, 5.74) is 0.588. The number of aromatic hydroxyl groups is 1. The molecule has 0 aliphatic heterocycles. The fourth-order valence-corrected chi connectivity index (χ4v) is 2.65. The number of benzene rings is 2. The van der Waals surface area contributed by atoms with E-state index >= 15 is 0 Å². The Labute approximate surface area is 123 Å². The SMILES string of the molecule is O=C(O)Cc1ccc(Sc2ccc(Br)cc2)c(O)c1. The third-order valence-electron chi connectivity index (χ3n) is 2.42. The molecule has 0 heterocycles. The lowest BCUT2D eigenvalue weighted by atomic mass is 10.1. The van der Waals surface area contributed by atoms with Crippen LogP contribution in [0.3, 0.4) is 0 Å². The molecule has 0 amide bonds. The summed E-state index contributed by atoms with van der Waals surface area (Å²) in [5.74, 6) is -0.806. The maximum atomic E-state index is 10.6. The predicted octanol–water partition coefficient (Wildman–Crippen LogP) is 3.93. The Bertz CT molecular complexity index is 596. The highest BCUT2D eigenvalue weighted by Crippen LogP contribution is 2.35. The molecule has 0 fully saturated rings. The van der Waals surface area contributed by atoms with Crippen LogP contribution in [0.25, 0.3) is 0 Å². The van der Waals surface area contributed by atoms with Crippen molar-refractivity contribution >= 4 is 33.7 Å². The molecule has 5 heteroatoms. The molecule has 19 heavy (non-hydrogen) atoms. The molecule has 98 valence electrons. The van der Waals surface area contributed by atoms with Crippen molar-refractivity contribution in [3.8, 4) is 5.75 Å². The summed E-state index contributed by atoms with van der Waals surface area (Å²) >= 11 is 4.80. The number of hydrogen-bond acceptors (Lipinski definition) is 3. The van der Waals surface area contributed by atoms with Crippen molar-refractivity contribution in [3.63, 3.8) is 0 Å². The zero-order chi connectivity index (χ0) is 13.8. The molecule has 0 spiro atoms. The second kappa shape index (κ2) is 6.12. The van der Waals surface area contributed by atoms with Gasteiger partial charge in [0, 0.05) is 9.37 Å². The van der Waals surface area contributed by atoms with Crippen molar-refractivity contribution in [3.05, 3.63) is 52.5 Å². The Morgan fingerprint density at radius 3 is 2.42 bits per heavy atom. The number of hydrogen-bond donors (Lipinski definition) is 2. The van der Waals surface area contributed by atoms with E-state index in [9.17, 15) is 9.90 Å². The molecule has 2 N–H and O–H groups in total. The molecule has 2 aromatic carbocycles. The van der Waals surface area contributed by atoms with E-state index in [1.807, 2.05) is 24.3 Å². The molecule has 0 aliphatic carbocycles. The van der Waals surface area contributed by atoms with Crippen molar-refractivity contribution in [2.45, 2.75) is 16.2 Å². The normalized spacial score (nSPS) is 10.4. The summed E-state index contributed by atoms with van der Waals surface area (Å²) in [5, 5.41) is 18.6. The average Bonchev–Trinajstić information content (AvgIpc) is 2.34. The molecule has 0 atom stereocenters. The molecule has 0 saturated carbocycles. The van der Waals surface area contributed by atoms with E-state index in [0.29, 0.717) is 10.5 Å². The number of phenolic OH excluding ortho intramolecular Hbond substituents is 1. The van der Waals surface area contributed by atoms with Gasteiger partial charge >= 0.3 is 5.97 Å². The van der Waals surface area contributed by atoms with Crippen molar-refractivity contribution < 1.29 is 15.0 Å². The lowest BCUT2D eigenvalue weighted by Crippen LogP contribution is -1.99.